The highest BCUT2D eigenvalue weighted by Crippen LogP contribution is 2.09. The van der Waals surface area contributed by atoms with Crippen LogP contribution >= 0.6 is 0 Å². The Morgan fingerprint density at radius 3 is 2.00 bits per heavy atom. The van der Waals surface area contributed by atoms with E-state index in [9.17, 15) is 16.8 Å². The Morgan fingerprint density at radius 2 is 1.69 bits per heavy atom. The highest BCUT2D eigenvalue weighted by Gasteiger charge is 2.27. The number of aliphatic hydroxyl groups excluding tert-OH is 1. The molecule has 6 nitrogen and oxygen atoms in total. The molecule has 0 rings (SSSR count). The lowest BCUT2D eigenvalue weighted by atomic mass is 10.0. The molecule has 0 saturated carbocycles. The van der Waals surface area contributed by atoms with Crippen molar-refractivity contribution in [3.8, 4) is 0 Å². The summed E-state index contributed by atoms with van der Waals surface area (Å²) in [7, 11) is -6.99. The maximum Gasteiger partial charge on any atom is 0.213 e. The monoisotopic (exact) mass is 273 g/mol. The predicted molar refractivity (Wildman–Crippen MR) is 62.4 cm³/mol. The first-order chi connectivity index (χ1) is 7.04. The van der Waals surface area contributed by atoms with Gasteiger partial charge in [0.15, 0.2) is 0 Å². The van der Waals surface area contributed by atoms with Gasteiger partial charge in [-0.15, -0.1) is 0 Å². The summed E-state index contributed by atoms with van der Waals surface area (Å²) in [6.45, 7) is 2.96. The van der Waals surface area contributed by atoms with E-state index in [1.165, 1.54) is 0 Å². The second-order valence-electron chi connectivity index (χ2n) is 4.12. The molecule has 0 aliphatic carbocycles. The Kier molecular flexibility index (Phi) is 5.37. The molecule has 0 radical (unpaired) electrons. The van der Waals surface area contributed by atoms with Crippen LogP contribution in [0.4, 0.5) is 0 Å². The van der Waals surface area contributed by atoms with Gasteiger partial charge in [0, 0.05) is 6.26 Å². The van der Waals surface area contributed by atoms with E-state index in [2.05, 4.69) is 4.72 Å². The first kappa shape index (κ1) is 15.8. The molecule has 0 spiro atoms. The number of aliphatic hydroxyl groups is 1. The average Bonchev–Trinajstić information content (AvgIpc) is 2.13. The maximum atomic E-state index is 11.5. The average molecular weight is 273 g/mol. The van der Waals surface area contributed by atoms with Crippen molar-refractivity contribution in [1.29, 1.82) is 0 Å². The molecule has 98 valence electrons. The Balaban J connectivity index is 4.59. The summed E-state index contributed by atoms with van der Waals surface area (Å²) < 4.78 is 47.0. The number of hydrogen-bond acceptors (Lipinski definition) is 5. The summed E-state index contributed by atoms with van der Waals surface area (Å²) in [6.07, 6.45) is 1.40. The van der Waals surface area contributed by atoms with E-state index in [0.29, 0.717) is 6.42 Å². The van der Waals surface area contributed by atoms with E-state index in [1.807, 2.05) is 0 Å². The smallest absolute Gasteiger partial charge is 0.213 e. The van der Waals surface area contributed by atoms with Crippen molar-refractivity contribution in [2.75, 3.05) is 24.4 Å². The minimum absolute atomic E-state index is 0.332. The first-order valence-corrected chi connectivity index (χ1v) is 8.55. The molecule has 0 fully saturated rings. The van der Waals surface area contributed by atoms with Crippen LogP contribution < -0.4 is 4.72 Å². The zero-order chi connectivity index (χ0) is 13.0. The Bertz CT molecular complexity index is 408. The van der Waals surface area contributed by atoms with Crippen molar-refractivity contribution in [3.63, 3.8) is 0 Å². The summed E-state index contributed by atoms with van der Waals surface area (Å²) in [6, 6.07) is 0. The summed E-state index contributed by atoms with van der Waals surface area (Å²) in [4.78, 5) is 0. The second-order valence-corrected chi connectivity index (χ2v) is 8.22. The number of sulfonamides is 1. The summed E-state index contributed by atoms with van der Waals surface area (Å²) in [5.41, 5.74) is -0.934. The fourth-order valence-corrected chi connectivity index (χ4v) is 4.05. The van der Waals surface area contributed by atoms with Gasteiger partial charge >= 0.3 is 0 Å². The van der Waals surface area contributed by atoms with Crippen molar-refractivity contribution in [2.24, 2.45) is 0 Å². The lowest BCUT2D eigenvalue weighted by Crippen LogP contribution is -2.49. The van der Waals surface area contributed by atoms with Gasteiger partial charge in [0.1, 0.15) is 9.84 Å². The quantitative estimate of drug-likeness (QED) is 0.627. The van der Waals surface area contributed by atoms with Crippen LogP contribution in [-0.4, -0.2) is 51.8 Å². The summed E-state index contributed by atoms with van der Waals surface area (Å²) >= 11 is 0. The largest absolute Gasteiger partial charge is 0.394 e. The Hall–Kier alpha value is -0.180. The standard InChI is InChI=1S/C8H19NO5S2/c1-4-8(2,7-10)9-16(13,14)6-5-15(3,11)12/h9-10H,4-7H2,1-3H3. The molecule has 0 amide bonds. The van der Waals surface area contributed by atoms with Crippen molar-refractivity contribution in [2.45, 2.75) is 25.8 Å². The van der Waals surface area contributed by atoms with Gasteiger partial charge in [0.2, 0.25) is 10.0 Å². The van der Waals surface area contributed by atoms with Gasteiger partial charge in [-0.3, -0.25) is 0 Å². The third kappa shape index (κ3) is 6.41. The second kappa shape index (κ2) is 5.44. The van der Waals surface area contributed by atoms with Crippen LogP contribution in [0, 0.1) is 0 Å². The normalized spacial score (nSPS) is 17.0. The molecule has 0 aliphatic rings. The molecule has 2 N–H and O–H groups in total. The molecule has 0 aromatic rings. The molecule has 0 bridgehead atoms. The van der Waals surface area contributed by atoms with Crippen LogP contribution in [-0.2, 0) is 19.9 Å². The molecule has 1 unspecified atom stereocenters. The zero-order valence-electron chi connectivity index (χ0n) is 9.73. The molecule has 1 atom stereocenters. The van der Waals surface area contributed by atoms with Crippen molar-refractivity contribution in [1.82, 2.24) is 4.72 Å². The third-order valence-corrected chi connectivity index (χ3v) is 5.00. The fourth-order valence-electron chi connectivity index (χ4n) is 0.904. The summed E-state index contributed by atoms with van der Waals surface area (Å²) in [5, 5.41) is 9.03. The molecule has 16 heavy (non-hydrogen) atoms. The highest BCUT2D eigenvalue weighted by molar-refractivity contribution is 7.93. The van der Waals surface area contributed by atoms with E-state index >= 15 is 0 Å². The minimum Gasteiger partial charge on any atom is -0.394 e. The zero-order valence-corrected chi connectivity index (χ0v) is 11.4. The molecule has 0 aromatic heterocycles. The van der Waals surface area contributed by atoms with Crippen LogP contribution in [0.25, 0.3) is 0 Å². The van der Waals surface area contributed by atoms with Gasteiger partial charge in [-0.1, -0.05) is 6.92 Å². The SMILES string of the molecule is CCC(C)(CO)NS(=O)(=O)CCS(C)(=O)=O. The van der Waals surface area contributed by atoms with Gasteiger partial charge in [-0.2, -0.15) is 0 Å². The maximum absolute atomic E-state index is 11.5. The molecule has 0 aliphatic heterocycles. The van der Waals surface area contributed by atoms with Gasteiger partial charge < -0.3 is 5.11 Å². The third-order valence-electron chi connectivity index (χ3n) is 2.25. The molecular formula is C8H19NO5S2. The van der Waals surface area contributed by atoms with E-state index in [0.717, 1.165) is 6.26 Å². The Morgan fingerprint density at radius 1 is 1.19 bits per heavy atom. The molecule has 8 heteroatoms. The topological polar surface area (TPSA) is 101 Å². The van der Waals surface area contributed by atoms with Crippen LogP contribution in [0.1, 0.15) is 20.3 Å². The number of nitrogens with one attached hydrogen (secondary N) is 1. The van der Waals surface area contributed by atoms with Crippen molar-refractivity contribution >= 4 is 19.9 Å². The number of sulfone groups is 1. The minimum atomic E-state index is -3.69. The first-order valence-electron chi connectivity index (χ1n) is 4.84. The van der Waals surface area contributed by atoms with Gasteiger partial charge in [0.05, 0.1) is 23.7 Å². The van der Waals surface area contributed by atoms with E-state index in [1.54, 1.807) is 13.8 Å². The summed E-state index contributed by atoms with van der Waals surface area (Å²) in [5.74, 6) is -0.908. The number of hydrogen-bond donors (Lipinski definition) is 2. The highest BCUT2D eigenvalue weighted by atomic mass is 32.2. The lowest BCUT2D eigenvalue weighted by molar-refractivity contribution is 0.191. The lowest BCUT2D eigenvalue weighted by Gasteiger charge is -2.26. The van der Waals surface area contributed by atoms with E-state index in [4.69, 9.17) is 5.11 Å². The van der Waals surface area contributed by atoms with E-state index in [-0.39, 0.29) is 6.61 Å². The molecule has 0 saturated heterocycles. The Labute approximate surface area is 97.0 Å². The molecule has 0 heterocycles. The van der Waals surface area contributed by atoms with Crippen molar-refractivity contribution < 1.29 is 21.9 Å². The van der Waals surface area contributed by atoms with Crippen LogP contribution in [0.2, 0.25) is 0 Å². The van der Waals surface area contributed by atoms with Gasteiger partial charge in [-0.05, 0) is 13.3 Å². The van der Waals surface area contributed by atoms with Crippen LogP contribution in [0.3, 0.4) is 0 Å². The van der Waals surface area contributed by atoms with Crippen LogP contribution in [0.15, 0.2) is 0 Å². The van der Waals surface area contributed by atoms with Crippen molar-refractivity contribution in [3.05, 3.63) is 0 Å². The van der Waals surface area contributed by atoms with Crippen LogP contribution in [0.5, 0.6) is 0 Å². The predicted octanol–water partition coefficient (Wildman–Crippen LogP) is -0.889. The van der Waals surface area contributed by atoms with Gasteiger partial charge in [0.25, 0.3) is 0 Å². The number of rotatable bonds is 7. The van der Waals surface area contributed by atoms with E-state index < -0.39 is 36.9 Å². The molecular weight excluding hydrogens is 254 g/mol. The molecule has 0 aromatic carbocycles. The fraction of sp³-hybridized carbons (Fsp3) is 1.00. The van der Waals surface area contributed by atoms with Gasteiger partial charge in [-0.25, -0.2) is 21.6 Å².